The smallest absolute Gasteiger partial charge is 0.294 e. The molecule has 2 aromatic heterocycles. The van der Waals surface area contributed by atoms with Gasteiger partial charge in [0.05, 0.1) is 29.1 Å². The Balaban J connectivity index is 1.47. The number of nitrogens with one attached hydrogen (secondary N) is 1. The predicted molar refractivity (Wildman–Crippen MR) is 153 cm³/mol. The van der Waals surface area contributed by atoms with Gasteiger partial charge in [0, 0.05) is 55.1 Å². The highest BCUT2D eigenvalue weighted by atomic mass is 16.6. The number of fused-ring (bicyclic) bond motifs is 1. The lowest BCUT2D eigenvalue weighted by molar-refractivity contribution is -0.384. The van der Waals surface area contributed by atoms with Crippen molar-refractivity contribution in [1.82, 2.24) is 19.9 Å². The van der Waals surface area contributed by atoms with Gasteiger partial charge in [0.1, 0.15) is 17.3 Å². The standard InChI is InChI=1S/C28H36N8O3/c1-18-9-10-21-26(30-18)28(2,3)17-35(21)25-11-12-29-27(32-25)31-20-14-23(36(37)38)22(15-24(20)39-6)34-13-7-8-19(34)16-33(4)5/h9-12,14-15,19H,7-8,13,16-17H2,1-6H3,(H,29,31,32). The van der Waals surface area contributed by atoms with Crippen LogP contribution in [0.4, 0.5) is 34.5 Å². The lowest BCUT2D eigenvalue weighted by atomic mass is 9.91. The summed E-state index contributed by atoms with van der Waals surface area (Å²) in [5.74, 6) is 1.54. The van der Waals surface area contributed by atoms with Crippen LogP contribution in [0.1, 0.15) is 38.1 Å². The highest BCUT2D eigenvalue weighted by molar-refractivity contribution is 5.78. The molecule has 1 fully saturated rings. The fourth-order valence-electron chi connectivity index (χ4n) is 5.67. The lowest BCUT2D eigenvalue weighted by Crippen LogP contribution is -2.37. The van der Waals surface area contributed by atoms with Gasteiger partial charge in [0.2, 0.25) is 5.95 Å². The Labute approximate surface area is 229 Å². The number of pyridine rings is 1. The second kappa shape index (κ2) is 10.3. The molecule has 0 aliphatic carbocycles. The first kappa shape index (κ1) is 26.6. The number of rotatable bonds is 8. The van der Waals surface area contributed by atoms with E-state index in [1.54, 1.807) is 19.4 Å². The molecule has 1 atom stereocenters. The van der Waals surface area contributed by atoms with E-state index in [9.17, 15) is 10.1 Å². The molecule has 0 spiro atoms. The third kappa shape index (κ3) is 5.18. The first-order valence-corrected chi connectivity index (χ1v) is 13.2. The van der Waals surface area contributed by atoms with Gasteiger partial charge in [-0.25, -0.2) is 4.98 Å². The van der Waals surface area contributed by atoms with Crippen LogP contribution in [0.15, 0.2) is 36.5 Å². The molecule has 1 unspecified atom stereocenters. The highest BCUT2D eigenvalue weighted by Gasteiger charge is 2.38. The fraction of sp³-hybridized carbons (Fsp3) is 0.464. The van der Waals surface area contributed by atoms with Crippen LogP contribution in [0.2, 0.25) is 0 Å². The van der Waals surface area contributed by atoms with Crippen LogP contribution >= 0.6 is 0 Å². The van der Waals surface area contributed by atoms with Crippen LogP contribution in [0.5, 0.6) is 5.75 Å². The quantitative estimate of drug-likeness (QED) is 0.321. The zero-order chi connectivity index (χ0) is 27.9. The van der Waals surface area contributed by atoms with Crippen molar-refractivity contribution < 1.29 is 9.66 Å². The number of anilines is 5. The molecule has 11 heteroatoms. The Morgan fingerprint density at radius 2 is 2.00 bits per heavy atom. The van der Waals surface area contributed by atoms with Gasteiger partial charge in [-0.05, 0) is 52.1 Å². The minimum Gasteiger partial charge on any atom is -0.494 e. The number of hydrogen-bond donors (Lipinski definition) is 1. The molecule has 1 aromatic carbocycles. The van der Waals surface area contributed by atoms with E-state index in [-0.39, 0.29) is 22.1 Å². The molecule has 0 bridgehead atoms. The molecule has 39 heavy (non-hydrogen) atoms. The molecule has 11 nitrogen and oxygen atoms in total. The molecule has 206 valence electrons. The summed E-state index contributed by atoms with van der Waals surface area (Å²) < 4.78 is 5.69. The summed E-state index contributed by atoms with van der Waals surface area (Å²) in [5, 5.41) is 15.4. The van der Waals surface area contributed by atoms with Crippen LogP contribution in [0.3, 0.4) is 0 Å². The number of nitro groups is 1. The van der Waals surface area contributed by atoms with Crippen molar-refractivity contribution in [3.05, 3.63) is 58.0 Å². The van der Waals surface area contributed by atoms with Crippen LogP contribution in [-0.4, -0.2) is 71.7 Å². The van der Waals surface area contributed by atoms with Crippen molar-refractivity contribution in [1.29, 1.82) is 0 Å². The van der Waals surface area contributed by atoms with Crippen molar-refractivity contribution in [2.75, 3.05) is 56.0 Å². The number of likely N-dealkylation sites (N-methyl/N-ethyl adjacent to an activating group) is 1. The summed E-state index contributed by atoms with van der Waals surface area (Å²) in [6.45, 7) is 8.66. The van der Waals surface area contributed by atoms with E-state index in [4.69, 9.17) is 14.7 Å². The number of aryl methyl sites for hydroxylation is 1. The maximum Gasteiger partial charge on any atom is 0.294 e. The Morgan fingerprint density at radius 1 is 1.21 bits per heavy atom. The Hall–Kier alpha value is -3.99. The molecule has 2 aliphatic rings. The average Bonchev–Trinajstić information content (AvgIpc) is 3.44. The summed E-state index contributed by atoms with van der Waals surface area (Å²) in [5.41, 5.74) is 3.93. The van der Waals surface area contributed by atoms with Crippen molar-refractivity contribution in [2.24, 2.45) is 0 Å². The molecule has 2 aliphatic heterocycles. The van der Waals surface area contributed by atoms with Gasteiger partial charge in [-0.1, -0.05) is 13.8 Å². The summed E-state index contributed by atoms with van der Waals surface area (Å²) in [4.78, 5) is 32.2. The van der Waals surface area contributed by atoms with E-state index in [0.29, 0.717) is 23.1 Å². The number of hydrogen-bond acceptors (Lipinski definition) is 10. The van der Waals surface area contributed by atoms with Crippen LogP contribution in [0.25, 0.3) is 0 Å². The molecule has 0 saturated carbocycles. The molecular weight excluding hydrogens is 496 g/mol. The summed E-state index contributed by atoms with van der Waals surface area (Å²) in [6, 6.07) is 9.42. The average molecular weight is 533 g/mol. The summed E-state index contributed by atoms with van der Waals surface area (Å²) in [6.07, 6.45) is 3.66. The Bertz CT molecular complexity index is 1390. The van der Waals surface area contributed by atoms with Crippen LogP contribution in [-0.2, 0) is 5.41 Å². The topological polar surface area (TPSA) is 113 Å². The number of aromatic nitrogens is 3. The van der Waals surface area contributed by atoms with Crippen molar-refractivity contribution in [3.63, 3.8) is 0 Å². The minimum atomic E-state index is -0.333. The predicted octanol–water partition coefficient (Wildman–Crippen LogP) is 4.80. The molecule has 3 aromatic rings. The van der Waals surface area contributed by atoms with Gasteiger partial charge < -0.3 is 24.8 Å². The molecule has 4 heterocycles. The molecule has 5 rings (SSSR count). The molecule has 1 N–H and O–H groups in total. The highest BCUT2D eigenvalue weighted by Crippen LogP contribution is 2.44. The largest absolute Gasteiger partial charge is 0.494 e. The van der Waals surface area contributed by atoms with Crippen molar-refractivity contribution >= 4 is 34.5 Å². The van der Waals surface area contributed by atoms with Gasteiger partial charge in [-0.15, -0.1) is 0 Å². The van der Waals surface area contributed by atoms with E-state index < -0.39 is 0 Å². The maximum atomic E-state index is 12.2. The van der Waals surface area contributed by atoms with E-state index in [2.05, 4.69) is 44.9 Å². The van der Waals surface area contributed by atoms with Crippen LogP contribution in [0, 0.1) is 17.0 Å². The number of nitro benzene ring substituents is 1. The Morgan fingerprint density at radius 3 is 2.72 bits per heavy atom. The van der Waals surface area contributed by atoms with Gasteiger partial charge >= 0.3 is 0 Å². The SMILES string of the molecule is COc1cc(N2CCCC2CN(C)C)c([N+](=O)[O-])cc1Nc1nccc(N2CC(C)(C)c3nc(C)ccc32)n1. The maximum absolute atomic E-state index is 12.2. The first-order valence-electron chi connectivity index (χ1n) is 13.2. The van der Waals surface area contributed by atoms with Crippen LogP contribution < -0.4 is 19.9 Å². The normalized spacial score (nSPS) is 18.0. The molecule has 0 amide bonds. The minimum absolute atomic E-state index is 0.0248. The van der Waals surface area contributed by atoms with Gasteiger partial charge in [-0.3, -0.25) is 15.1 Å². The summed E-state index contributed by atoms with van der Waals surface area (Å²) in [7, 11) is 5.60. The molecular formula is C28H36N8O3. The first-order chi connectivity index (χ1) is 18.6. The third-order valence-corrected chi connectivity index (χ3v) is 7.42. The van der Waals surface area contributed by atoms with Gasteiger partial charge in [0.15, 0.2) is 0 Å². The summed E-state index contributed by atoms with van der Waals surface area (Å²) >= 11 is 0. The van der Waals surface area contributed by atoms with Crippen molar-refractivity contribution in [3.8, 4) is 5.75 Å². The fourth-order valence-corrected chi connectivity index (χ4v) is 5.67. The number of methoxy groups -OCH3 is 1. The monoisotopic (exact) mass is 532 g/mol. The van der Waals surface area contributed by atoms with E-state index >= 15 is 0 Å². The van der Waals surface area contributed by atoms with Gasteiger partial charge in [-0.2, -0.15) is 4.98 Å². The van der Waals surface area contributed by atoms with Crippen molar-refractivity contribution in [2.45, 2.75) is 45.1 Å². The van der Waals surface area contributed by atoms with E-state index in [0.717, 1.165) is 55.4 Å². The lowest BCUT2D eigenvalue weighted by Gasteiger charge is -2.29. The Kier molecular flexibility index (Phi) is 7.02. The van der Waals surface area contributed by atoms with E-state index in [1.807, 2.05) is 33.2 Å². The third-order valence-electron chi connectivity index (χ3n) is 7.42. The second-order valence-electron chi connectivity index (χ2n) is 11.2. The van der Waals surface area contributed by atoms with E-state index in [1.165, 1.54) is 6.07 Å². The molecule has 1 saturated heterocycles. The second-order valence-corrected chi connectivity index (χ2v) is 11.2. The number of nitrogens with zero attached hydrogens (tertiary/aromatic N) is 7. The molecule has 0 radical (unpaired) electrons. The zero-order valence-corrected chi connectivity index (χ0v) is 23.4. The number of benzene rings is 1. The van der Waals surface area contributed by atoms with Gasteiger partial charge in [0.25, 0.3) is 5.69 Å². The zero-order valence-electron chi connectivity index (χ0n) is 23.4. The number of ether oxygens (including phenoxy) is 1.